The van der Waals surface area contributed by atoms with Crippen LogP contribution < -0.4 is 5.32 Å². The quantitative estimate of drug-likeness (QED) is 0.870. The Hall–Kier alpha value is -0.870. The van der Waals surface area contributed by atoms with Crippen molar-refractivity contribution in [2.24, 2.45) is 5.41 Å². The molecule has 1 atom stereocenters. The SMILES string of the molecule is c1oc(C2CNCC23CCOCC3)nc1C1CC1. The summed E-state index contributed by atoms with van der Waals surface area (Å²) in [5, 5.41) is 3.53. The Balaban J connectivity index is 1.60. The molecule has 0 amide bonds. The number of nitrogens with one attached hydrogen (secondary N) is 1. The van der Waals surface area contributed by atoms with Gasteiger partial charge < -0.3 is 14.5 Å². The summed E-state index contributed by atoms with van der Waals surface area (Å²) in [7, 11) is 0. The molecule has 0 bridgehead atoms. The maximum atomic E-state index is 5.79. The molecule has 2 aliphatic heterocycles. The van der Waals surface area contributed by atoms with E-state index in [4.69, 9.17) is 14.1 Å². The van der Waals surface area contributed by atoms with Gasteiger partial charge in [-0.3, -0.25) is 0 Å². The van der Waals surface area contributed by atoms with Crippen molar-refractivity contribution >= 4 is 0 Å². The van der Waals surface area contributed by atoms with Crippen LogP contribution in [-0.4, -0.2) is 31.3 Å². The first-order valence-electron chi connectivity index (χ1n) is 7.11. The molecular formula is C14H20N2O2. The third kappa shape index (κ3) is 1.70. The van der Waals surface area contributed by atoms with Crippen LogP contribution in [0.2, 0.25) is 0 Å². The smallest absolute Gasteiger partial charge is 0.199 e. The van der Waals surface area contributed by atoms with E-state index in [1.807, 2.05) is 6.26 Å². The van der Waals surface area contributed by atoms with Crippen LogP contribution in [0.25, 0.3) is 0 Å². The minimum absolute atomic E-state index is 0.323. The van der Waals surface area contributed by atoms with Gasteiger partial charge in [-0.25, -0.2) is 4.98 Å². The standard InChI is InChI=1S/C14H20N2O2/c1-2-10(1)12-8-18-13(16-12)11-7-15-9-14(11)3-5-17-6-4-14/h8,10-11,15H,1-7,9H2. The molecule has 1 aliphatic carbocycles. The molecule has 0 aromatic carbocycles. The van der Waals surface area contributed by atoms with Crippen LogP contribution in [-0.2, 0) is 4.74 Å². The first kappa shape index (κ1) is 11.0. The number of oxazole rings is 1. The number of ether oxygens (including phenoxy) is 1. The molecule has 1 aromatic heterocycles. The maximum absolute atomic E-state index is 5.79. The van der Waals surface area contributed by atoms with Crippen LogP contribution in [0.3, 0.4) is 0 Å². The molecule has 3 aliphatic rings. The van der Waals surface area contributed by atoms with Crippen molar-refractivity contribution in [3.63, 3.8) is 0 Å². The third-order valence-corrected chi connectivity index (χ3v) is 4.89. The summed E-state index contributed by atoms with van der Waals surface area (Å²) in [6, 6.07) is 0. The van der Waals surface area contributed by atoms with Gasteiger partial charge in [0.15, 0.2) is 5.89 Å². The molecule has 0 radical (unpaired) electrons. The average molecular weight is 248 g/mol. The molecule has 98 valence electrons. The van der Waals surface area contributed by atoms with Crippen molar-refractivity contribution in [3.05, 3.63) is 17.8 Å². The lowest BCUT2D eigenvalue weighted by molar-refractivity contribution is 0.0129. The number of nitrogens with zero attached hydrogens (tertiary/aromatic N) is 1. The van der Waals surface area contributed by atoms with Gasteiger partial charge in [-0.2, -0.15) is 0 Å². The van der Waals surface area contributed by atoms with Crippen molar-refractivity contribution in [2.75, 3.05) is 26.3 Å². The monoisotopic (exact) mass is 248 g/mol. The number of aromatic nitrogens is 1. The van der Waals surface area contributed by atoms with E-state index in [9.17, 15) is 0 Å². The molecule has 1 spiro atoms. The van der Waals surface area contributed by atoms with Gasteiger partial charge in [-0.15, -0.1) is 0 Å². The summed E-state index contributed by atoms with van der Waals surface area (Å²) >= 11 is 0. The average Bonchev–Trinajstić information content (AvgIpc) is 3.01. The lowest BCUT2D eigenvalue weighted by Gasteiger charge is -2.36. The summed E-state index contributed by atoms with van der Waals surface area (Å²) in [5.74, 6) is 2.08. The summed E-state index contributed by atoms with van der Waals surface area (Å²) in [5.41, 5.74) is 1.50. The highest BCUT2D eigenvalue weighted by Crippen LogP contribution is 2.47. The van der Waals surface area contributed by atoms with Gasteiger partial charge in [0.05, 0.1) is 11.6 Å². The Morgan fingerprint density at radius 2 is 2.11 bits per heavy atom. The first-order chi connectivity index (χ1) is 8.87. The fourth-order valence-corrected chi connectivity index (χ4v) is 3.48. The molecule has 1 unspecified atom stereocenters. The Labute approximate surface area is 107 Å². The molecular weight excluding hydrogens is 228 g/mol. The van der Waals surface area contributed by atoms with E-state index in [0.29, 0.717) is 17.3 Å². The zero-order valence-electron chi connectivity index (χ0n) is 10.7. The maximum Gasteiger partial charge on any atom is 0.199 e. The highest BCUT2D eigenvalue weighted by atomic mass is 16.5. The van der Waals surface area contributed by atoms with Crippen molar-refractivity contribution in [3.8, 4) is 0 Å². The Bertz CT molecular complexity index is 433. The molecule has 1 saturated carbocycles. The molecule has 1 aromatic rings. The summed E-state index contributed by atoms with van der Waals surface area (Å²) < 4.78 is 11.3. The predicted octanol–water partition coefficient (Wildman–Crippen LogP) is 2.04. The molecule has 3 heterocycles. The fraction of sp³-hybridized carbons (Fsp3) is 0.786. The van der Waals surface area contributed by atoms with E-state index in [-0.39, 0.29) is 0 Å². The number of hydrogen-bond donors (Lipinski definition) is 1. The van der Waals surface area contributed by atoms with Crippen LogP contribution in [0.5, 0.6) is 0 Å². The Kier molecular flexibility index (Phi) is 2.49. The molecule has 18 heavy (non-hydrogen) atoms. The number of hydrogen-bond acceptors (Lipinski definition) is 4. The Morgan fingerprint density at radius 3 is 2.89 bits per heavy atom. The van der Waals surface area contributed by atoms with Crippen molar-refractivity contribution < 1.29 is 9.15 Å². The van der Waals surface area contributed by atoms with Crippen molar-refractivity contribution in [1.82, 2.24) is 10.3 Å². The second kappa shape index (κ2) is 4.07. The topological polar surface area (TPSA) is 47.3 Å². The summed E-state index contributed by atoms with van der Waals surface area (Å²) in [6.07, 6.45) is 6.72. The van der Waals surface area contributed by atoms with Gasteiger partial charge in [-0.1, -0.05) is 0 Å². The molecule has 4 heteroatoms. The predicted molar refractivity (Wildman–Crippen MR) is 66.6 cm³/mol. The van der Waals surface area contributed by atoms with Crippen LogP contribution in [0.15, 0.2) is 10.7 Å². The molecule has 4 nitrogen and oxygen atoms in total. The molecule has 2 saturated heterocycles. The van der Waals surface area contributed by atoms with Crippen molar-refractivity contribution in [2.45, 2.75) is 37.5 Å². The highest BCUT2D eigenvalue weighted by Gasteiger charge is 2.47. The van der Waals surface area contributed by atoms with E-state index in [2.05, 4.69) is 5.32 Å². The van der Waals surface area contributed by atoms with Crippen LogP contribution >= 0.6 is 0 Å². The normalized spacial score (nSPS) is 31.0. The fourth-order valence-electron chi connectivity index (χ4n) is 3.48. The number of rotatable bonds is 2. The largest absolute Gasteiger partial charge is 0.448 e. The zero-order valence-corrected chi connectivity index (χ0v) is 10.7. The van der Waals surface area contributed by atoms with Crippen molar-refractivity contribution in [1.29, 1.82) is 0 Å². The Morgan fingerprint density at radius 1 is 1.28 bits per heavy atom. The summed E-state index contributed by atoms with van der Waals surface area (Å²) in [6.45, 7) is 3.86. The van der Waals surface area contributed by atoms with Crippen LogP contribution in [0, 0.1) is 5.41 Å². The van der Waals surface area contributed by atoms with Gasteiger partial charge in [0, 0.05) is 32.2 Å². The van der Waals surface area contributed by atoms with Gasteiger partial charge in [0.1, 0.15) is 6.26 Å². The molecule has 4 rings (SSSR count). The lowest BCUT2D eigenvalue weighted by Crippen LogP contribution is -2.35. The van der Waals surface area contributed by atoms with Gasteiger partial charge >= 0.3 is 0 Å². The van der Waals surface area contributed by atoms with E-state index < -0.39 is 0 Å². The van der Waals surface area contributed by atoms with Crippen LogP contribution in [0.4, 0.5) is 0 Å². The van der Waals surface area contributed by atoms with E-state index in [0.717, 1.165) is 45.0 Å². The summed E-state index contributed by atoms with van der Waals surface area (Å²) in [4.78, 5) is 4.76. The third-order valence-electron chi connectivity index (χ3n) is 4.89. The minimum atomic E-state index is 0.323. The first-order valence-corrected chi connectivity index (χ1v) is 7.11. The second-order valence-corrected chi connectivity index (χ2v) is 6.04. The highest BCUT2D eigenvalue weighted by molar-refractivity contribution is 5.16. The molecule has 3 fully saturated rings. The van der Waals surface area contributed by atoms with Gasteiger partial charge in [0.2, 0.25) is 0 Å². The minimum Gasteiger partial charge on any atom is -0.448 e. The molecule has 1 N–H and O–H groups in total. The van der Waals surface area contributed by atoms with E-state index >= 15 is 0 Å². The van der Waals surface area contributed by atoms with E-state index in [1.165, 1.54) is 18.5 Å². The zero-order chi connectivity index (χ0) is 12.0. The van der Waals surface area contributed by atoms with Gasteiger partial charge in [-0.05, 0) is 31.1 Å². The lowest BCUT2D eigenvalue weighted by atomic mass is 9.72. The second-order valence-electron chi connectivity index (χ2n) is 6.04. The van der Waals surface area contributed by atoms with Crippen LogP contribution in [0.1, 0.15) is 49.1 Å². The van der Waals surface area contributed by atoms with Gasteiger partial charge in [0.25, 0.3) is 0 Å². The van der Waals surface area contributed by atoms with E-state index in [1.54, 1.807) is 0 Å².